The van der Waals surface area contributed by atoms with E-state index in [0.29, 0.717) is 5.56 Å². The molecular weight excluding hydrogens is 293 g/mol. The summed E-state index contributed by atoms with van der Waals surface area (Å²) >= 11 is 2.97. The Morgan fingerprint density at radius 1 is 1.00 bits per heavy atom. The lowest BCUT2D eigenvalue weighted by Crippen LogP contribution is -1.94. The smallest absolute Gasteiger partial charge is 0.135 e. The van der Waals surface area contributed by atoms with Gasteiger partial charge in [0.2, 0.25) is 0 Å². The maximum absolute atomic E-state index is 13.7. The van der Waals surface area contributed by atoms with Crippen LogP contribution in [0.1, 0.15) is 5.56 Å². The zero-order valence-corrected chi connectivity index (χ0v) is 10.4. The molecule has 1 radical (unpaired) electrons. The predicted octanol–water partition coefficient (Wildman–Crippen LogP) is 4.64. The molecule has 0 spiro atoms. The minimum Gasteiger partial charge on any atom is -0.206 e. The summed E-state index contributed by atoms with van der Waals surface area (Å²) in [5, 5.41) is 0. The molecule has 0 atom stereocenters. The third kappa shape index (κ3) is 2.36. The van der Waals surface area contributed by atoms with Gasteiger partial charge in [-0.2, -0.15) is 0 Å². The maximum Gasteiger partial charge on any atom is 0.135 e. The van der Waals surface area contributed by atoms with E-state index in [0.717, 1.165) is 18.2 Å². The van der Waals surface area contributed by atoms with Crippen molar-refractivity contribution in [3.8, 4) is 11.1 Å². The summed E-state index contributed by atoms with van der Waals surface area (Å²) in [5.41, 5.74) is 0.162. The Hall–Kier alpha value is -1.29. The van der Waals surface area contributed by atoms with Gasteiger partial charge < -0.3 is 0 Å². The molecule has 0 aliphatic rings. The van der Waals surface area contributed by atoms with Crippen LogP contribution in [0.15, 0.2) is 28.7 Å². The Kier molecular flexibility index (Phi) is 3.24. The fourth-order valence-electron chi connectivity index (χ4n) is 1.57. The van der Waals surface area contributed by atoms with Gasteiger partial charge in [-0.05, 0) is 42.8 Å². The summed E-state index contributed by atoms with van der Waals surface area (Å²) in [4.78, 5) is 0. The van der Waals surface area contributed by atoms with Crippen LogP contribution in [0.5, 0.6) is 0 Å². The van der Waals surface area contributed by atoms with Gasteiger partial charge in [-0.3, -0.25) is 0 Å². The Morgan fingerprint density at radius 3 is 2.18 bits per heavy atom. The van der Waals surface area contributed by atoms with Gasteiger partial charge in [0.15, 0.2) is 0 Å². The zero-order chi connectivity index (χ0) is 12.6. The van der Waals surface area contributed by atoms with Gasteiger partial charge in [-0.15, -0.1) is 0 Å². The van der Waals surface area contributed by atoms with Crippen LogP contribution in [0.2, 0.25) is 0 Å². The molecule has 0 aliphatic carbocycles. The Morgan fingerprint density at radius 2 is 1.59 bits per heavy atom. The fourth-order valence-corrected chi connectivity index (χ4v) is 1.98. The van der Waals surface area contributed by atoms with Gasteiger partial charge in [0, 0.05) is 10.0 Å². The van der Waals surface area contributed by atoms with Gasteiger partial charge in [0.05, 0.1) is 5.56 Å². The monoisotopic (exact) mass is 299 g/mol. The van der Waals surface area contributed by atoms with Crippen molar-refractivity contribution in [3.63, 3.8) is 0 Å². The largest absolute Gasteiger partial charge is 0.206 e. The molecule has 0 nitrogen and oxygen atoms in total. The van der Waals surface area contributed by atoms with E-state index in [1.807, 2.05) is 0 Å². The molecule has 0 amide bonds. The standard InChI is InChI=1S/C13H7BrF3/c1-7-2-3-10(15)9(4-7)13-11(16)5-8(14)6-12(13)17/h3-6H,1H3. The van der Waals surface area contributed by atoms with E-state index in [9.17, 15) is 13.2 Å². The first-order valence-corrected chi connectivity index (χ1v) is 5.61. The molecule has 2 aromatic carbocycles. The third-order valence-corrected chi connectivity index (χ3v) is 2.78. The third-order valence-electron chi connectivity index (χ3n) is 2.32. The summed E-state index contributed by atoms with van der Waals surface area (Å²) in [6, 6.07) is 7.27. The summed E-state index contributed by atoms with van der Waals surface area (Å²) in [5.74, 6) is -2.31. The molecule has 0 saturated carbocycles. The minimum absolute atomic E-state index is 0.0937. The van der Waals surface area contributed by atoms with E-state index in [2.05, 4.69) is 22.0 Å². The van der Waals surface area contributed by atoms with Crippen LogP contribution in [-0.2, 0) is 0 Å². The van der Waals surface area contributed by atoms with E-state index in [1.165, 1.54) is 6.07 Å². The molecule has 0 fully saturated rings. The predicted molar refractivity (Wildman–Crippen MR) is 63.0 cm³/mol. The number of halogens is 4. The molecule has 2 aromatic rings. The second kappa shape index (κ2) is 4.53. The first-order valence-electron chi connectivity index (χ1n) is 4.82. The summed E-state index contributed by atoms with van der Waals surface area (Å²) < 4.78 is 41.1. The van der Waals surface area contributed by atoms with E-state index < -0.39 is 17.5 Å². The van der Waals surface area contributed by atoms with E-state index >= 15 is 0 Å². The number of hydrogen-bond acceptors (Lipinski definition) is 0. The highest BCUT2D eigenvalue weighted by molar-refractivity contribution is 9.10. The molecule has 0 aromatic heterocycles. The molecular formula is C13H7BrF3. The van der Waals surface area contributed by atoms with Gasteiger partial charge in [0.1, 0.15) is 17.5 Å². The fraction of sp³-hybridized carbons (Fsp3) is 0.0769. The molecule has 2 rings (SSSR count). The zero-order valence-electron chi connectivity index (χ0n) is 8.82. The molecule has 0 N–H and O–H groups in total. The average molecular weight is 300 g/mol. The molecule has 0 bridgehead atoms. The van der Waals surface area contributed by atoms with Crippen molar-refractivity contribution in [2.75, 3.05) is 0 Å². The van der Waals surface area contributed by atoms with E-state index in [1.54, 1.807) is 6.92 Å². The molecule has 0 heterocycles. The second-order valence-electron chi connectivity index (χ2n) is 3.62. The van der Waals surface area contributed by atoms with Crippen LogP contribution in [-0.4, -0.2) is 0 Å². The topological polar surface area (TPSA) is 0 Å². The highest BCUT2D eigenvalue weighted by Crippen LogP contribution is 2.31. The van der Waals surface area contributed by atoms with Crippen LogP contribution in [0.3, 0.4) is 0 Å². The van der Waals surface area contributed by atoms with Gasteiger partial charge in [0.25, 0.3) is 0 Å². The summed E-state index contributed by atoms with van der Waals surface area (Å²) in [7, 11) is 0. The van der Waals surface area contributed by atoms with Crippen LogP contribution < -0.4 is 0 Å². The van der Waals surface area contributed by atoms with Crippen molar-refractivity contribution in [3.05, 3.63) is 57.8 Å². The quantitative estimate of drug-likeness (QED) is 0.719. The van der Waals surface area contributed by atoms with Crippen LogP contribution in [0.4, 0.5) is 13.2 Å². The van der Waals surface area contributed by atoms with Gasteiger partial charge in [-0.1, -0.05) is 15.9 Å². The van der Waals surface area contributed by atoms with Crippen molar-refractivity contribution in [2.45, 2.75) is 6.92 Å². The summed E-state index contributed by atoms with van der Waals surface area (Å²) in [6.45, 7) is 1.68. The average Bonchev–Trinajstić information content (AvgIpc) is 2.21. The lowest BCUT2D eigenvalue weighted by Gasteiger charge is -2.08. The molecule has 17 heavy (non-hydrogen) atoms. The molecule has 0 saturated heterocycles. The van der Waals surface area contributed by atoms with Crippen molar-refractivity contribution in [1.29, 1.82) is 0 Å². The van der Waals surface area contributed by atoms with Crippen LogP contribution in [0.25, 0.3) is 11.1 Å². The highest BCUT2D eigenvalue weighted by atomic mass is 79.9. The van der Waals surface area contributed by atoms with Crippen LogP contribution >= 0.6 is 15.9 Å². The van der Waals surface area contributed by atoms with E-state index in [4.69, 9.17) is 0 Å². The maximum atomic E-state index is 13.7. The second-order valence-corrected chi connectivity index (χ2v) is 4.54. The normalized spacial score (nSPS) is 10.6. The lowest BCUT2D eigenvalue weighted by atomic mass is 10.0. The number of hydrogen-bond donors (Lipinski definition) is 0. The van der Waals surface area contributed by atoms with Crippen molar-refractivity contribution in [1.82, 2.24) is 0 Å². The Labute approximate surface area is 105 Å². The van der Waals surface area contributed by atoms with Crippen molar-refractivity contribution in [2.24, 2.45) is 0 Å². The Balaban J connectivity index is 2.72. The number of benzene rings is 2. The minimum atomic E-state index is -0.804. The van der Waals surface area contributed by atoms with Gasteiger partial charge in [-0.25, -0.2) is 13.2 Å². The number of rotatable bonds is 1. The molecule has 4 heteroatoms. The summed E-state index contributed by atoms with van der Waals surface area (Å²) in [6.07, 6.45) is 0. The van der Waals surface area contributed by atoms with Crippen LogP contribution in [0, 0.1) is 30.4 Å². The Bertz CT molecular complexity index is 556. The molecule has 87 valence electrons. The molecule has 0 aliphatic heterocycles. The lowest BCUT2D eigenvalue weighted by molar-refractivity contribution is 0.580. The highest BCUT2D eigenvalue weighted by Gasteiger charge is 2.16. The first-order chi connectivity index (χ1) is 7.99. The SMILES string of the molecule is Cc1[c]cc(F)c(-c2c(F)cc(Br)cc2F)c1. The van der Waals surface area contributed by atoms with Crippen molar-refractivity contribution >= 4 is 15.9 Å². The van der Waals surface area contributed by atoms with E-state index in [-0.39, 0.29) is 15.6 Å². The number of aryl methyl sites for hydroxylation is 1. The van der Waals surface area contributed by atoms with Crippen molar-refractivity contribution < 1.29 is 13.2 Å². The van der Waals surface area contributed by atoms with Gasteiger partial charge >= 0.3 is 0 Å². The first kappa shape index (κ1) is 12.2. The molecule has 0 unspecified atom stereocenters.